The van der Waals surface area contributed by atoms with Gasteiger partial charge in [-0.3, -0.25) is 4.98 Å². The molecular weight excluding hydrogens is 283 g/mol. The second-order valence-corrected chi connectivity index (χ2v) is 4.81. The van der Waals surface area contributed by atoms with Crippen molar-refractivity contribution in [3.63, 3.8) is 0 Å². The number of rotatable bonds is 4. The molecule has 0 saturated heterocycles. The van der Waals surface area contributed by atoms with Crippen LogP contribution in [0.4, 0.5) is 24.5 Å². The molecule has 21 heavy (non-hydrogen) atoms. The predicted molar refractivity (Wildman–Crippen MR) is 76.2 cm³/mol. The highest BCUT2D eigenvalue weighted by Gasteiger charge is 2.31. The van der Waals surface area contributed by atoms with E-state index in [0.29, 0.717) is 27.8 Å². The minimum Gasteiger partial charge on any atom is -0.398 e. The van der Waals surface area contributed by atoms with Gasteiger partial charge in [0.15, 0.2) is 0 Å². The molecule has 0 fully saturated rings. The molecule has 1 heterocycles. The molecule has 0 aliphatic heterocycles. The van der Waals surface area contributed by atoms with Crippen molar-refractivity contribution in [3.8, 4) is 0 Å². The molecule has 0 saturated carbocycles. The zero-order valence-electron chi connectivity index (χ0n) is 11.5. The number of hydrogen-bond donors (Lipinski definition) is 2. The average molecular weight is 299 g/mol. The summed E-state index contributed by atoms with van der Waals surface area (Å²) in [6.07, 6.45) is -2.81. The molecule has 0 spiro atoms. The van der Waals surface area contributed by atoms with Crippen molar-refractivity contribution in [3.05, 3.63) is 30.1 Å². The number of aliphatic hydroxyl groups is 1. The quantitative estimate of drug-likeness (QED) is 0.851. The fraction of sp³-hybridized carbons (Fsp3) is 0.357. The predicted octanol–water partition coefficient (Wildman–Crippen LogP) is 2.49. The number of anilines is 2. The van der Waals surface area contributed by atoms with E-state index < -0.39 is 12.7 Å². The van der Waals surface area contributed by atoms with Crippen molar-refractivity contribution in [2.45, 2.75) is 13.1 Å². The van der Waals surface area contributed by atoms with E-state index in [-0.39, 0.29) is 13.2 Å². The first kappa shape index (κ1) is 15.4. The van der Waals surface area contributed by atoms with Gasteiger partial charge in [0.1, 0.15) is 6.54 Å². The molecule has 0 radical (unpaired) electrons. The van der Waals surface area contributed by atoms with E-state index in [0.717, 1.165) is 4.90 Å². The van der Waals surface area contributed by atoms with Crippen LogP contribution in [0.5, 0.6) is 0 Å². The standard InChI is InChI=1S/C14H16F3N3O/c1-9-6-10-11(7-19-9)12(18)2-3-13(10)20(4-5-21)8-14(15,16)17/h2-3,6-7,21H,4-5,8,18H2,1H3. The van der Waals surface area contributed by atoms with Gasteiger partial charge in [0.2, 0.25) is 0 Å². The van der Waals surface area contributed by atoms with Crippen LogP contribution in [0.2, 0.25) is 0 Å². The molecule has 0 aliphatic carbocycles. The molecule has 114 valence electrons. The summed E-state index contributed by atoms with van der Waals surface area (Å²) in [6.45, 7) is 0.145. The highest BCUT2D eigenvalue weighted by Crippen LogP contribution is 2.32. The Morgan fingerprint density at radius 2 is 2.00 bits per heavy atom. The maximum atomic E-state index is 12.7. The maximum Gasteiger partial charge on any atom is 0.405 e. The van der Waals surface area contributed by atoms with Crippen molar-refractivity contribution in [1.29, 1.82) is 0 Å². The first-order valence-electron chi connectivity index (χ1n) is 6.39. The van der Waals surface area contributed by atoms with Crippen LogP contribution in [-0.2, 0) is 0 Å². The van der Waals surface area contributed by atoms with Crippen LogP contribution in [0.25, 0.3) is 10.8 Å². The average Bonchev–Trinajstić information content (AvgIpc) is 2.37. The lowest BCUT2D eigenvalue weighted by Gasteiger charge is -2.26. The van der Waals surface area contributed by atoms with Crippen molar-refractivity contribution < 1.29 is 18.3 Å². The second kappa shape index (κ2) is 5.77. The molecule has 0 unspecified atom stereocenters. The third-order valence-corrected chi connectivity index (χ3v) is 3.13. The van der Waals surface area contributed by atoms with Crippen molar-refractivity contribution in [2.75, 3.05) is 30.3 Å². The summed E-state index contributed by atoms with van der Waals surface area (Å²) in [5.74, 6) is 0. The Balaban J connectivity index is 2.56. The van der Waals surface area contributed by atoms with Crippen LogP contribution in [-0.4, -0.2) is 36.0 Å². The van der Waals surface area contributed by atoms with Crippen LogP contribution < -0.4 is 10.6 Å². The van der Waals surface area contributed by atoms with E-state index >= 15 is 0 Å². The highest BCUT2D eigenvalue weighted by atomic mass is 19.4. The number of nitrogens with zero attached hydrogens (tertiary/aromatic N) is 2. The molecule has 0 atom stereocenters. The minimum atomic E-state index is -4.36. The maximum absolute atomic E-state index is 12.7. The van der Waals surface area contributed by atoms with Gasteiger partial charge >= 0.3 is 6.18 Å². The fourth-order valence-corrected chi connectivity index (χ4v) is 2.25. The third kappa shape index (κ3) is 3.55. The Bertz CT molecular complexity index is 643. The summed E-state index contributed by atoms with van der Waals surface area (Å²) >= 11 is 0. The van der Waals surface area contributed by atoms with Crippen molar-refractivity contribution in [1.82, 2.24) is 4.98 Å². The molecule has 1 aromatic carbocycles. The lowest BCUT2D eigenvalue weighted by molar-refractivity contribution is -0.119. The van der Waals surface area contributed by atoms with E-state index in [2.05, 4.69) is 4.98 Å². The first-order chi connectivity index (χ1) is 9.81. The molecule has 7 heteroatoms. The number of nitrogen functional groups attached to an aromatic ring is 1. The van der Waals surface area contributed by atoms with Gasteiger partial charge in [0.05, 0.1) is 6.61 Å². The van der Waals surface area contributed by atoms with Gasteiger partial charge in [-0.05, 0) is 25.1 Å². The van der Waals surface area contributed by atoms with Crippen LogP contribution in [0.1, 0.15) is 5.69 Å². The van der Waals surface area contributed by atoms with Gasteiger partial charge in [-0.2, -0.15) is 13.2 Å². The first-order valence-corrected chi connectivity index (χ1v) is 6.39. The molecule has 2 rings (SSSR count). The minimum absolute atomic E-state index is 0.111. The number of pyridine rings is 1. The number of halogens is 3. The van der Waals surface area contributed by atoms with Crippen LogP contribution in [0.15, 0.2) is 24.4 Å². The van der Waals surface area contributed by atoms with E-state index in [1.807, 2.05) is 0 Å². The largest absolute Gasteiger partial charge is 0.405 e. The van der Waals surface area contributed by atoms with Crippen LogP contribution in [0, 0.1) is 6.92 Å². The molecule has 0 amide bonds. The lowest BCUT2D eigenvalue weighted by Crippen LogP contribution is -2.36. The SMILES string of the molecule is Cc1cc2c(N(CCO)CC(F)(F)F)ccc(N)c2cn1. The van der Waals surface area contributed by atoms with E-state index in [4.69, 9.17) is 10.8 Å². The molecule has 2 aromatic rings. The highest BCUT2D eigenvalue weighted by molar-refractivity contribution is 6.01. The van der Waals surface area contributed by atoms with Gasteiger partial charge in [0, 0.05) is 40.6 Å². The molecule has 0 aliphatic rings. The Labute approximate surface area is 120 Å². The number of aliphatic hydroxyl groups excluding tert-OH is 1. The van der Waals surface area contributed by atoms with E-state index in [1.54, 1.807) is 31.3 Å². The summed E-state index contributed by atoms with van der Waals surface area (Å²) in [5.41, 5.74) is 7.37. The second-order valence-electron chi connectivity index (χ2n) is 4.81. The summed E-state index contributed by atoms with van der Waals surface area (Å²) in [5, 5.41) is 10.2. The smallest absolute Gasteiger partial charge is 0.398 e. The molecule has 3 N–H and O–H groups in total. The van der Waals surface area contributed by atoms with Crippen molar-refractivity contribution in [2.24, 2.45) is 0 Å². The number of fused-ring (bicyclic) bond motifs is 1. The number of nitrogens with two attached hydrogens (primary N) is 1. The van der Waals surface area contributed by atoms with E-state index in [1.165, 1.54) is 0 Å². The van der Waals surface area contributed by atoms with E-state index in [9.17, 15) is 13.2 Å². The number of hydrogen-bond acceptors (Lipinski definition) is 4. The summed E-state index contributed by atoms with van der Waals surface area (Å²) in [6, 6.07) is 4.79. The summed E-state index contributed by atoms with van der Waals surface area (Å²) in [4.78, 5) is 5.22. The lowest BCUT2D eigenvalue weighted by atomic mass is 10.1. The number of aromatic nitrogens is 1. The van der Waals surface area contributed by atoms with Crippen LogP contribution in [0.3, 0.4) is 0 Å². The molecule has 0 bridgehead atoms. The molecular formula is C14H16F3N3O. The Hall–Kier alpha value is -2.02. The van der Waals surface area contributed by atoms with Gasteiger partial charge in [-0.15, -0.1) is 0 Å². The fourth-order valence-electron chi connectivity index (χ4n) is 2.25. The Kier molecular flexibility index (Phi) is 4.22. The number of alkyl halides is 3. The molecule has 1 aromatic heterocycles. The zero-order chi connectivity index (χ0) is 15.6. The molecule has 4 nitrogen and oxygen atoms in total. The normalized spacial score (nSPS) is 11.9. The number of benzene rings is 1. The topological polar surface area (TPSA) is 62.4 Å². The Morgan fingerprint density at radius 3 is 2.62 bits per heavy atom. The van der Waals surface area contributed by atoms with Gasteiger partial charge in [0.25, 0.3) is 0 Å². The van der Waals surface area contributed by atoms with Gasteiger partial charge in [-0.1, -0.05) is 0 Å². The summed E-state index contributed by atoms with van der Waals surface area (Å²) in [7, 11) is 0. The summed E-state index contributed by atoms with van der Waals surface area (Å²) < 4.78 is 38.1. The van der Waals surface area contributed by atoms with Gasteiger partial charge in [-0.25, -0.2) is 0 Å². The van der Waals surface area contributed by atoms with Gasteiger partial charge < -0.3 is 15.7 Å². The monoisotopic (exact) mass is 299 g/mol. The third-order valence-electron chi connectivity index (χ3n) is 3.13. The Morgan fingerprint density at radius 1 is 1.29 bits per heavy atom. The zero-order valence-corrected chi connectivity index (χ0v) is 11.5. The van der Waals surface area contributed by atoms with Crippen LogP contribution >= 0.6 is 0 Å². The number of aryl methyl sites for hydroxylation is 1. The van der Waals surface area contributed by atoms with Crippen molar-refractivity contribution >= 4 is 22.1 Å².